The van der Waals surface area contributed by atoms with Crippen molar-refractivity contribution in [3.63, 3.8) is 0 Å². The first-order valence-electron chi connectivity index (χ1n) is 9.57. The summed E-state index contributed by atoms with van der Waals surface area (Å²) in [4.78, 5) is 6.20. The number of nitrogens with two attached hydrogens (primary N) is 1. The summed E-state index contributed by atoms with van der Waals surface area (Å²) in [7, 11) is -3.60. The number of nitrogens with zero attached hydrogens (tertiary/aromatic N) is 3. The molecule has 11 heteroatoms. The van der Waals surface area contributed by atoms with Crippen LogP contribution >= 0.6 is 22.9 Å². The molecule has 5 rings (SSSR count). The lowest BCUT2D eigenvalue weighted by Gasteiger charge is -2.38. The van der Waals surface area contributed by atoms with Crippen LogP contribution in [0.3, 0.4) is 0 Å². The van der Waals surface area contributed by atoms with Gasteiger partial charge in [0.25, 0.3) is 0 Å². The largest absolute Gasteiger partial charge is 0.423 e. The summed E-state index contributed by atoms with van der Waals surface area (Å²) in [5, 5.41) is 8.11. The summed E-state index contributed by atoms with van der Waals surface area (Å²) in [6.45, 7) is 2.16. The van der Waals surface area contributed by atoms with Gasteiger partial charge in [0.2, 0.25) is 12.3 Å². The third kappa shape index (κ3) is 3.20. The van der Waals surface area contributed by atoms with E-state index in [9.17, 15) is 8.42 Å². The number of sulfone groups is 1. The molecule has 1 aromatic carbocycles. The number of hydrogen-bond acceptors (Lipinski definition) is 9. The van der Waals surface area contributed by atoms with E-state index in [0.717, 1.165) is 16.0 Å². The van der Waals surface area contributed by atoms with Crippen LogP contribution in [0.5, 0.6) is 0 Å². The summed E-state index contributed by atoms with van der Waals surface area (Å²) < 4.78 is 36.0. The number of aromatic nitrogens is 2. The molecule has 2 aromatic heterocycles. The quantitative estimate of drug-likeness (QED) is 0.613. The monoisotopic (exact) mass is 478 g/mol. The summed E-state index contributed by atoms with van der Waals surface area (Å²) in [5.74, 6) is 0.339. The van der Waals surface area contributed by atoms with Crippen LogP contribution in [-0.4, -0.2) is 48.2 Å². The minimum atomic E-state index is -3.60. The summed E-state index contributed by atoms with van der Waals surface area (Å²) in [6.07, 6.45) is 1.60. The lowest BCUT2D eigenvalue weighted by atomic mass is 10.0. The molecule has 0 radical (unpaired) electrons. The fraction of sp³-hybridized carbons (Fsp3) is 0.350. The van der Waals surface area contributed by atoms with Crippen LogP contribution in [0.2, 0.25) is 5.02 Å². The van der Waals surface area contributed by atoms with E-state index in [0.29, 0.717) is 28.8 Å². The molecule has 1 saturated heterocycles. The minimum Gasteiger partial charge on any atom is -0.423 e. The predicted molar refractivity (Wildman–Crippen MR) is 119 cm³/mol. The smallest absolute Gasteiger partial charge is 0.247 e. The van der Waals surface area contributed by atoms with Crippen molar-refractivity contribution in [2.24, 2.45) is 10.7 Å². The van der Waals surface area contributed by atoms with Gasteiger partial charge in [-0.3, -0.25) is 4.99 Å². The number of benzene rings is 1. The van der Waals surface area contributed by atoms with Crippen LogP contribution in [0.1, 0.15) is 18.2 Å². The summed E-state index contributed by atoms with van der Waals surface area (Å²) in [6, 6.07) is 9.43. The first-order chi connectivity index (χ1) is 14.7. The second-order valence-corrected chi connectivity index (χ2v) is 11.7. The van der Waals surface area contributed by atoms with E-state index in [1.807, 2.05) is 30.3 Å². The van der Waals surface area contributed by atoms with Crippen molar-refractivity contribution in [1.29, 1.82) is 0 Å². The van der Waals surface area contributed by atoms with Gasteiger partial charge in [0.15, 0.2) is 14.6 Å². The minimum absolute atomic E-state index is 0.0482. The van der Waals surface area contributed by atoms with Crippen LogP contribution in [0, 0.1) is 0 Å². The maximum Gasteiger partial charge on any atom is 0.247 e. The molecule has 2 N–H and O–H groups in total. The van der Waals surface area contributed by atoms with E-state index >= 15 is 0 Å². The molecule has 0 aliphatic carbocycles. The van der Waals surface area contributed by atoms with E-state index < -0.39 is 20.1 Å². The number of halogens is 1. The van der Waals surface area contributed by atoms with Gasteiger partial charge in [-0.25, -0.2) is 8.42 Å². The highest BCUT2D eigenvalue weighted by molar-refractivity contribution is 7.93. The second kappa shape index (κ2) is 7.13. The van der Waals surface area contributed by atoms with Crippen LogP contribution in [-0.2, 0) is 20.1 Å². The molecule has 1 fully saturated rings. The molecule has 0 bridgehead atoms. The third-order valence-electron chi connectivity index (χ3n) is 5.82. The fourth-order valence-electron chi connectivity index (χ4n) is 4.16. The lowest BCUT2D eigenvalue weighted by molar-refractivity contribution is 0.194. The molecule has 3 aromatic rings. The van der Waals surface area contributed by atoms with Gasteiger partial charge in [-0.15, -0.1) is 21.5 Å². The van der Waals surface area contributed by atoms with Gasteiger partial charge in [0.1, 0.15) is 11.4 Å². The topological polar surface area (TPSA) is 121 Å². The average Bonchev–Trinajstić information content (AvgIpc) is 3.47. The van der Waals surface area contributed by atoms with Crippen LogP contribution in [0.4, 0.5) is 0 Å². The van der Waals surface area contributed by atoms with Gasteiger partial charge in [-0.1, -0.05) is 23.7 Å². The van der Waals surface area contributed by atoms with Crippen molar-refractivity contribution in [2.75, 3.05) is 19.0 Å². The summed E-state index contributed by atoms with van der Waals surface area (Å²) in [5.41, 5.74) is 6.84. The molecule has 8 nitrogen and oxygen atoms in total. The van der Waals surface area contributed by atoms with Crippen LogP contribution < -0.4 is 5.73 Å². The van der Waals surface area contributed by atoms with Gasteiger partial charge in [0, 0.05) is 17.0 Å². The van der Waals surface area contributed by atoms with Crippen molar-refractivity contribution in [3.05, 3.63) is 46.6 Å². The molecular formula is C20H19ClN4O4S2. The molecule has 162 valence electrons. The average molecular weight is 479 g/mol. The highest BCUT2D eigenvalue weighted by atomic mass is 35.5. The number of aliphatic imine (C=N–C) groups is 1. The van der Waals surface area contributed by atoms with Crippen LogP contribution in [0.25, 0.3) is 21.9 Å². The third-order valence-corrected chi connectivity index (χ3v) is 10.3. The van der Waals surface area contributed by atoms with Crippen molar-refractivity contribution >= 4 is 38.6 Å². The van der Waals surface area contributed by atoms with Crippen molar-refractivity contribution in [2.45, 2.75) is 23.6 Å². The Hall–Kier alpha value is -2.27. The lowest BCUT2D eigenvalue weighted by Crippen LogP contribution is -2.58. The zero-order valence-corrected chi connectivity index (χ0v) is 18.9. The molecule has 2 atom stereocenters. The predicted octanol–water partition coefficient (Wildman–Crippen LogP) is 3.28. The Morgan fingerprint density at radius 1 is 1.26 bits per heavy atom. The number of hydrogen-bond donors (Lipinski definition) is 1. The molecular weight excluding hydrogens is 460 g/mol. The number of amidine groups is 1. The zero-order chi connectivity index (χ0) is 21.9. The second-order valence-electron chi connectivity index (χ2n) is 7.94. The Morgan fingerprint density at radius 2 is 2.06 bits per heavy atom. The van der Waals surface area contributed by atoms with E-state index in [-0.39, 0.29) is 18.2 Å². The van der Waals surface area contributed by atoms with Gasteiger partial charge in [0.05, 0.1) is 22.3 Å². The van der Waals surface area contributed by atoms with Crippen molar-refractivity contribution < 1.29 is 17.6 Å². The van der Waals surface area contributed by atoms with Crippen molar-refractivity contribution in [1.82, 2.24) is 10.2 Å². The Morgan fingerprint density at radius 3 is 2.74 bits per heavy atom. The molecule has 2 unspecified atom stereocenters. The molecule has 4 heterocycles. The fourth-order valence-corrected chi connectivity index (χ4v) is 8.13. The van der Waals surface area contributed by atoms with Gasteiger partial charge in [-0.05, 0) is 37.1 Å². The molecule has 0 amide bonds. The maximum atomic E-state index is 13.3. The zero-order valence-electron chi connectivity index (χ0n) is 16.5. The first kappa shape index (κ1) is 20.6. The van der Waals surface area contributed by atoms with E-state index in [1.165, 1.54) is 17.7 Å². The Labute approximate surface area is 188 Å². The van der Waals surface area contributed by atoms with Gasteiger partial charge >= 0.3 is 0 Å². The van der Waals surface area contributed by atoms with E-state index in [2.05, 4.69) is 15.2 Å². The number of thiophene rings is 1. The Bertz CT molecular complexity index is 1280. The SMILES string of the molecule is CC1(c2sc(-c3cccc(-c4nnco4)c3)cc2Cl)CS(=O)(=O)C2(CCOC2)C(N)=N1. The van der Waals surface area contributed by atoms with E-state index in [4.69, 9.17) is 26.5 Å². The number of ether oxygens (including phenoxy) is 1. The summed E-state index contributed by atoms with van der Waals surface area (Å²) >= 11 is 7.99. The molecule has 31 heavy (non-hydrogen) atoms. The standard InChI is InChI=1S/C20H19ClN4O4S2/c1-19(10-31(26,27)20(18(22)24-19)5-6-28-9-20)16-14(21)8-15(30-16)12-3-2-4-13(7-12)17-25-23-11-29-17/h2-4,7-8,11H,5-6,9-10H2,1H3,(H2,22,24). The van der Waals surface area contributed by atoms with E-state index in [1.54, 1.807) is 6.92 Å². The molecule has 2 aliphatic heterocycles. The number of rotatable bonds is 3. The molecule has 1 spiro atoms. The van der Waals surface area contributed by atoms with Gasteiger partial charge < -0.3 is 14.9 Å². The molecule has 2 aliphatic rings. The first-order valence-corrected chi connectivity index (χ1v) is 12.4. The van der Waals surface area contributed by atoms with Crippen molar-refractivity contribution in [3.8, 4) is 21.9 Å². The Balaban J connectivity index is 1.56. The highest BCUT2D eigenvalue weighted by Gasteiger charge is 2.57. The normalized spacial score (nSPS) is 27.5. The van der Waals surface area contributed by atoms with Crippen LogP contribution in [0.15, 0.2) is 46.1 Å². The maximum absolute atomic E-state index is 13.3. The highest BCUT2D eigenvalue weighted by Crippen LogP contribution is 2.47. The van der Waals surface area contributed by atoms with Gasteiger partial charge in [-0.2, -0.15) is 0 Å². The Kier molecular flexibility index (Phi) is 4.74. The molecule has 0 saturated carbocycles.